The second kappa shape index (κ2) is 5.66. The second-order valence-corrected chi connectivity index (χ2v) is 4.32. The standard InChI is InChI=1S/C12H14FN3O3/c1-15-6-4-9(5-7-15)14-19-12-3-2-10(16(17)18)8-11(12)13/h2-4,8,14H,5-7H2,1H3. The molecule has 1 aromatic carbocycles. The van der Waals surface area contributed by atoms with E-state index in [2.05, 4.69) is 10.4 Å². The van der Waals surface area contributed by atoms with E-state index in [0.29, 0.717) is 0 Å². The predicted octanol–water partition coefficient (Wildman–Crippen LogP) is 1.84. The smallest absolute Gasteiger partial charge is 0.272 e. The Morgan fingerprint density at radius 2 is 2.32 bits per heavy atom. The summed E-state index contributed by atoms with van der Waals surface area (Å²) in [7, 11) is 2.00. The van der Waals surface area contributed by atoms with E-state index < -0.39 is 10.7 Å². The number of nitrogens with zero attached hydrogens (tertiary/aromatic N) is 2. The third-order valence-corrected chi connectivity index (χ3v) is 2.83. The van der Waals surface area contributed by atoms with Crippen LogP contribution in [0.5, 0.6) is 5.75 Å². The minimum Gasteiger partial charge on any atom is -0.379 e. The van der Waals surface area contributed by atoms with Crippen molar-refractivity contribution in [2.75, 3.05) is 20.1 Å². The van der Waals surface area contributed by atoms with Crippen LogP contribution in [0.15, 0.2) is 30.0 Å². The summed E-state index contributed by atoms with van der Waals surface area (Å²) in [5.74, 6) is -0.833. The Bertz CT molecular complexity index is 519. The minimum absolute atomic E-state index is 0.0644. The first-order valence-electron chi connectivity index (χ1n) is 5.80. The molecule has 0 saturated heterocycles. The second-order valence-electron chi connectivity index (χ2n) is 4.32. The first-order chi connectivity index (χ1) is 9.06. The Balaban J connectivity index is 1.98. The highest BCUT2D eigenvalue weighted by atomic mass is 19.1. The van der Waals surface area contributed by atoms with Crippen molar-refractivity contribution in [3.8, 4) is 5.75 Å². The van der Waals surface area contributed by atoms with Crippen molar-refractivity contribution in [2.45, 2.75) is 6.42 Å². The number of rotatable bonds is 4. The van der Waals surface area contributed by atoms with Crippen molar-refractivity contribution in [3.05, 3.63) is 45.9 Å². The van der Waals surface area contributed by atoms with Gasteiger partial charge in [0.05, 0.1) is 11.0 Å². The van der Waals surface area contributed by atoms with E-state index in [1.807, 2.05) is 13.1 Å². The van der Waals surface area contributed by atoms with E-state index in [0.717, 1.165) is 31.3 Å². The fourth-order valence-corrected chi connectivity index (χ4v) is 1.67. The Kier molecular flexibility index (Phi) is 3.96. The number of nitrogens with one attached hydrogen (secondary N) is 1. The molecule has 0 atom stereocenters. The maximum atomic E-state index is 13.5. The van der Waals surface area contributed by atoms with E-state index in [-0.39, 0.29) is 11.4 Å². The number of halogens is 1. The summed E-state index contributed by atoms with van der Waals surface area (Å²) in [4.78, 5) is 17.1. The Hall–Kier alpha value is -2.15. The van der Waals surface area contributed by atoms with Crippen LogP contribution in [0.2, 0.25) is 0 Å². The molecular formula is C12H14FN3O3. The van der Waals surface area contributed by atoms with Crippen LogP contribution in [0.25, 0.3) is 0 Å². The van der Waals surface area contributed by atoms with Crippen molar-refractivity contribution in [3.63, 3.8) is 0 Å². The van der Waals surface area contributed by atoms with Gasteiger partial charge in [0, 0.05) is 31.3 Å². The number of nitro benzene ring substituents is 1. The van der Waals surface area contributed by atoms with Gasteiger partial charge in [-0.15, -0.1) is 0 Å². The van der Waals surface area contributed by atoms with Crippen molar-refractivity contribution >= 4 is 5.69 Å². The lowest BCUT2D eigenvalue weighted by Crippen LogP contribution is -2.30. The summed E-state index contributed by atoms with van der Waals surface area (Å²) in [6.45, 7) is 1.69. The number of nitro groups is 1. The third-order valence-electron chi connectivity index (χ3n) is 2.83. The summed E-state index contributed by atoms with van der Waals surface area (Å²) < 4.78 is 13.5. The minimum atomic E-state index is -0.768. The molecule has 1 aromatic rings. The Labute approximate surface area is 109 Å². The summed E-state index contributed by atoms with van der Waals surface area (Å²) in [5, 5.41) is 10.5. The van der Waals surface area contributed by atoms with Crippen molar-refractivity contribution in [1.29, 1.82) is 0 Å². The average molecular weight is 267 g/mol. The monoisotopic (exact) mass is 267 g/mol. The first-order valence-corrected chi connectivity index (χ1v) is 5.80. The maximum Gasteiger partial charge on any atom is 0.272 e. The summed E-state index contributed by atoms with van der Waals surface area (Å²) in [5.41, 5.74) is 3.24. The zero-order valence-electron chi connectivity index (χ0n) is 10.4. The average Bonchev–Trinajstić information content (AvgIpc) is 2.39. The molecule has 6 nitrogen and oxygen atoms in total. The van der Waals surface area contributed by atoms with Crippen molar-refractivity contribution in [1.82, 2.24) is 10.4 Å². The van der Waals surface area contributed by atoms with Crippen LogP contribution in [-0.2, 0) is 0 Å². The van der Waals surface area contributed by atoms with Gasteiger partial charge >= 0.3 is 0 Å². The molecular weight excluding hydrogens is 253 g/mol. The molecule has 1 aliphatic rings. The molecule has 0 amide bonds. The van der Waals surface area contributed by atoms with Gasteiger partial charge < -0.3 is 9.74 Å². The molecule has 0 unspecified atom stereocenters. The van der Waals surface area contributed by atoms with Gasteiger partial charge in [0.25, 0.3) is 5.69 Å². The fraction of sp³-hybridized carbons (Fsp3) is 0.333. The van der Waals surface area contributed by atoms with Gasteiger partial charge in [-0.1, -0.05) is 0 Å². The third kappa shape index (κ3) is 3.41. The Morgan fingerprint density at radius 1 is 1.53 bits per heavy atom. The SMILES string of the molecule is CN1CC=C(NOc2ccc([N+](=O)[O-])cc2F)CC1. The van der Waals surface area contributed by atoms with Gasteiger partial charge in [-0.25, -0.2) is 9.87 Å². The van der Waals surface area contributed by atoms with Crippen LogP contribution in [0, 0.1) is 15.9 Å². The van der Waals surface area contributed by atoms with E-state index in [1.54, 1.807) is 0 Å². The van der Waals surface area contributed by atoms with Crippen LogP contribution in [-0.4, -0.2) is 30.0 Å². The number of hydroxylamine groups is 1. The van der Waals surface area contributed by atoms with Gasteiger partial charge in [-0.05, 0) is 19.2 Å². The van der Waals surface area contributed by atoms with Gasteiger partial charge in [-0.2, -0.15) is 0 Å². The molecule has 19 heavy (non-hydrogen) atoms. The topological polar surface area (TPSA) is 67.6 Å². The van der Waals surface area contributed by atoms with E-state index in [4.69, 9.17) is 4.84 Å². The normalized spacial score (nSPS) is 15.8. The quantitative estimate of drug-likeness (QED) is 0.666. The lowest BCUT2D eigenvalue weighted by Gasteiger charge is -2.22. The summed E-state index contributed by atoms with van der Waals surface area (Å²) in [6.07, 6.45) is 2.73. The Morgan fingerprint density at radius 3 is 2.89 bits per heavy atom. The van der Waals surface area contributed by atoms with Crippen LogP contribution in [0.3, 0.4) is 0 Å². The molecule has 102 valence electrons. The number of benzene rings is 1. The van der Waals surface area contributed by atoms with Crippen LogP contribution in [0.4, 0.5) is 10.1 Å². The summed E-state index contributed by atoms with van der Waals surface area (Å²) in [6, 6.07) is 3.26. The van der Waals surface area contributed by atoms with Gasteiger partial charge in [0.15, 0.2) is 11.6 Å². The molecule has 1 aliphatic heterocycles. The highest BCUT2D eigenvalue weighted by molar-refractivity contribution is 5.37. The molecule has 0 spiro atoms. The van der Waals surface area contributed by atoms with E-state index in [9.17, 15) is 14.5 Å². The number of non-ortho nitro benzene ring substituents is 1. The molecule has 1 heterocycles. The zero-order valence-corrected chi connectivity index (χ0v) is 10.4. The van der Waals surface area contributed by atoms with Crippen LogP contribution in [0.1, 0.15) is 6.42 Å². The molecule has 1 N–H and O–H groups in total. The van der Waals surface area contributed by atoms with Crippen LogP contribution >= 0.6 is 0 Å². The van der Waals surface area contributed by atoms with Gasteiger partial charge in [-0.3, -0.25) is 10.1 Å². The molecule has 7 heteroatoms. The molecule has 0 radical (unpaired) electrons. The molecule has 0 bridgehead atoms. The van der Waals surface area contributed by atoms with E-state index in [1.165, 1.54) is 12.1 Å². The lowest BCUT2D eigenvalue weighted by atomic mass is 10.2. The lowest BCUT2D eigenvalue weighted by molar-refractivity contribution is -0.385. The molecule has 2 rings (SSSR count). The highest BCUT2D eigenvalue weighted by Crippen LogP contribution is 2.22. The zero-order chi connectivity index (χ0) is 13.8. The highest BCUT2D eigenvalue weighted by Gasteiger charge is 2.13. The van der Waals surface area contributed by atoms with Gasteiger partial charge in [0.2, 0.25) is 0 Å². The van der Waals surface area contributed by atoms with Crippen LogP contribution < -0.4 is 10.3 Å². The molecule has 0 aromatic heterocycles. The number of hydrogen-bond donors (Lipinski definition) is 1. The van der Waals surface area contributed by atoms with Crippen molar-refractivity contribution in [2.24, 2.45) is 0 Å². The molecule has 0 fully saturated rings. The number of likely N-dealkylation sites (N-methyl/N-ethyl adjacent to an activating group) is 1. The first kappa shape index (κ1) is 13.3. The molecule has 0 aliphatic carbocycles. The van der Waals surface area contributed by atoms with Crippen molar-refractivity contribution < 1.29 is 14.2 Å². The summed E-state index contributed by atoms with van der Waals surface area (Å²) >= 11 is 0. The maximum absolute atomic E-state index is 13.5. The van der Waals surface area contributed by atoms with E-state index >= 15 is 0 Å². The largest absolute Gasteiger partial charge is 0.379 e. The van der Waals surface area contributed by atoms with Gasteiger partial charge in [0.1, 0.15) is 0 Å². The number of hydrogen-bond acceptors (Lipinski definition) is 5. The predicted molar refractivity (Wildman–Crippen MR) is 67.0 cm³/mol. The molecule has 0 saturated carbocycles. The fourth-order valence-electron chi connectivity index (χ4n) is 1.67.